The molecule has 0 unspecified atom stereocenters. The van der Waals surface area contributed by atoms with Crippen molar-refractivity contribution < 1.29 is 37.5 Å². The molecule has 0 aliphatic rings. The smallest absolute Gasteiger partial charge is 0 e. The molecule has 0 aromatic carbocycles. The molecule has 0 aliphatic carbocycles. The Balaban J connectivity index is -0.0000000369. The molecule has 0 amide bonds. The monoisotopic (exact) mass is 291 g/mol. The average Bonchev–Trinajstić information content (AvgIpc) is 2.39. The van der Waals surface area contributed by atoms with Crippen molar-refractivity contribution in [2.24, 2.45) is 0 Å². The summed E-state index contributed by atoms with van der Waals surface area (Å²) in [6.45, 7) is 7.75. The van der Waals surface area contributed by atoms with Gasteiger partial charge in [-0.2, -0.15) is 0 Å². The van der Waals surface area contributed by atoms with Gasteiger partial charge in [-0.15, -0.1) is 26.4 Å². The summed E-state index contributed by atoms with van der Waals surface area (Å²) in [7, 11) is 0. The second kappa shape index (κ2) is 55.2. The van der Waals surface area contributed by atoms with Gasteiger partial charge in [0.15, 0.2) is 0 Å². The van der Waals surface area contributed by atoms with E-state index in [1.165, 1.54) is 0 Å². The van der Waals surface area contributed by atoms with Crippen molar-refractivity contribution in [1.82, 2.24) is 0 Å². The van der Waals surface area contributed by atoms with Gasteiger partial charge < -0.3 is 20.4 Å². The zero-order chi connectivity index (χ0) is 13.7. The van der Waals surface area contributed by atoms with Crippen molar-refractivity contribution >= 4 is 0 Å². The molecule has 17 heavy (non-hydrogen) atoms. The van der Waals surface area contributed by atoms with Crippen molar-refractivity contribution in [3.05, 3.63) is 0 Å². The van der Waals surface area contributed by atoms with Crippen LogP contribution in [0.4, 0.5) is 0 Å². The van der Waals surface area contributed by atoms with Gasteiger partial charge in [-0.25, -0.2) is 0 Å². The van der Waals surface area contributed by atoms with Gasteiger partial charge in [-0.3, -0.25) is 0 Å². The Morgan fingerprint density at radius 3 is 0.529 bits per heavy atom. The van der Waals surface area contributed by atoms with E-state index in [-0.39, 0.29) is 43.5 Å². The molecule has 0 fully saturated rings. The third-order valence-electron chi connectivity index (χ3n) is 0.816. The second-order valence-corrected chi connectivity index (χ2v) is 2.82. The van der Waals surface area contributed by atoms with Crippen LogP contribution in [-0.4, -0.2) is 26.4 Å². The Kier molecular flexibility index (Phi) is 98.8. The molecule has 5 heteroatoms. The van der Waals surface area contributed by atoms with Crippen LogP contribution in [0.2, 0.25) is 0 Å². The first-order chi connectivity index (χ1) is 7.66. The van der Waals surface area contributed by atoms with Crippen LogP contribution in [0.3, 0.4) is 0 Å². The molecule has 0 aromatic heterocycles. The summed E-state index contributed by atoms with van der Waals surface area (Å²) < 4.78 is 0. The van der Waals surface area contributed by atoms with Crippen LogP contribution in [0.25, 0.3) is 0 Å². The fourth-order valence-corrected chi connectivity index (χ4v) is 0. The maximum absolute atomic E-state index is 9.30. The van der Waals surface area contributed by atoms with Gasteiger partial charge >= 0.3 is 0 Å². The Morgan fingerprint density at radius 2 is 0.529 bits per heavy atom. The summed E-state index contributed by atoms with van der Waals surface area (Å²) >= 11 is 0. The number of hydrogen-bond donors (Lipinski definition) is 0. The van der Waals surface area contributed by atoms with E-state index in [1.54, 1.807) is 0 Å². The van der Waals surface area contributed by atoms with Gasteiger partial charge in [0.1, 0.15) is 0 Å². The zero-order valence-electron chi connectivity index (χ0n) is 11.7. The van der Waals surface area contributed by atoms with Gasteiger partial charge in [0.25, 0.3) is 0 Å². The zero-order valence-corrected chi connectivity index (χ0v) is 12.8. The minimum Gasteiger partial charge on any atom is -0.854 e. The summed E-state index contributed by atoms with van der Waals surface area (Å²) in [4.78, 5) is 0. The second-order valence-electron chi connectivity index (χ2n) is 2.82. The van der Waals surface area contributed by atoms with Gasteiger partial charge in [0, 0.05) is 17.1 Å². The summed E-state index contributed by atoms with van der Waals surface area (Å²) in [6, 6.07) is 0. The Bertz CT molecular complexity index is 42.5. The topological polar surface area (TPSA) is 92.2 Å². The Labute approximate surface area is 118 Å². The van der Waals surface area contributed by atoms with Gasteiger partial charge in [0.05, 0.1) is 0 Å². The fourth-order valence-electron chi connectivity index (χ4n) is 0. The molecule has 0 aliphatic heterocycles. The average molecular weight is 291 g/mol. The van der Waals surface area contributed by atoms with Gasteiger partial charge in [0.2, 0.25) is 0 Å². The minimum absolute atomic E-state index is 0. The summed E-state index contributed by atoms with van der Waals surface area (Å²) in [5.41, 5.74) is 0. The molecule has 0 saturated heterocycles. The van der Waals surface area contributed by atoms with Crippen molar-refractivity contribution in [3.63, 3.8) is 0 Å². The van der Waals surface area contributed by atoms with E-state index >= 15 is 0 Å². The summed E-state index contributed by atoms with van der Waals surface area (Å²) in [5.74, 6) is 0. The molecular weight excluding hydrogens is 263 g/mol. The van der Waals surface area contributed by atoms with Gasteiger partial charge in [-0.1, -0.05) is 53.4 Å². The first-order valence-corrected chi connectivity index (χ1v) is 5.98. The third-order valence-corrected chi connectivity index (χ3v) is 0.816. The first kappa shape index (κ1) is 30.4. The molecule has 4 nitrogen and oxygen atoms in total. The molecule has 0 saturated carbocycles. The molecule has 1 radical (unpaired) electrons. The maximum atomic E-state index is 9.30. The molecule has 0 atom stereocenters. The Morgan fingerprint density at radius 1 is 0.471 bits per heavy atom. The van der Waals surface area contributed by atoms with Crippen LogP contribution in [0.1, 0.15) is 53.4 Å². The van der Waals surface area contributed by atoms with Crippen molar-refractivity contribution in [1.29, 1.82) is 0 Å². The third kappa shape index (κ3) is 177. The predicted octanol–water partition coefficient (Wildman–Crippen LogP) is -0.976. The SMILES string of the molecule is CCC[O-].CCC[O-].CCC[O-].CCC[O-].[Mn]. The normalized spacial score (nSPS) is 7.06. The molecule has 111 valence electrons. The largest absolute Gasteiger partial charge is 0.854 e. The minimum atomic E-state index is 0. The summed E-state index contributed by atoms with van der Waals surface area (Å²) in [5, 5.41) is 37.2. The van der Waals surface area contributed by atoms with E-state index < -0.39 is 0 Å². The van der Waals surface area contributed by atoms with E-state index in [4.69, 9.17) is 0 Å². The number of hydrogen-bond acceptors (Lipinski definition) is 4. The molecule has 0 N–H and O–H groups in total. The molecule has 0 bridgehead atoms. The molecule has 0 rings (SSSR count). The quantitative estimate of drug-likeness (QED) is 0.623. The van der Waals surface area contributed by atoms with E-state index in [9.17, 15) is 20.4 Å². The maximum Gasteiger partial charge on any atom is 0 e. The van der Waals surface area contributed by atoms with Crippen LogP contribution in [0.5, 0.6) is 0 Å². The van der Waals surface area contributed by atoms with Crippen molar-refractivity contribution in [3.8, 4) is 0 Å². The van der Waals surface area contributed by atoms with E-state index in [1.807, 2.05) is 27.7 Å². The summed E-state index contributed by atoms with van der Waals surface area (Å²) in [6.07, 6.45) is 3.06. The van der Waals surface area contributed by atoms with Gasteiger partial charge in [-0.05, 0) is 0 Å². The molecule has 0 heterocycles. The first-order valence-electron chi connectivity index (χ1n) is 5.98. The van der Waals surface area contributed by atoms with E-state index in [2.05, 4.69) is 0 Å². The molecule has 0 spiro atoms. The van der Waals surface area contributed by atoms with Crippen molar-refractivity contribution in [2.45, 2.75) is 53.4 Å². The number of rotatable bonds is 4. The molecular formula is C12H28MnO4-4. The fraction of sp³-hybridized carbons (Fsp3) is 1.00. The van der Waals surface area contributed by atoms with Crippen LogP contribution < -0.4 is 20.4 Å². The van der Waals surface area contributed by atoms with Crippen molar-refractivity contribution in [2.75, 3.05) is 26.4 Å². The standard InChI is InChI=1S/4C3H7O.Mn/c4*1-2-3-4;/h4*2-3H2,1H3;/q4*-1;. The van der Waals surface area contributed by atoms with Crippen LogP contribution >= 0.6 is 0 Å². The van der Waals surface area contributed by atoms with E-state index in [0.29, 0.717) is 0 Å². The van der Waals surface area contributed by atoms with Crippen LogP contribution in [0, 0.1) is 0 Å². The molecule has 0 aromatic rings. The van der Waals surface area contributed by atoms with Crippen LogP contribution in [-0.2, 0) is 17.1 Å². The predicted molar refractivity (Wildman–Crippen MR) is 60.6 cm³/mol. The van der Waals surface area contributed by atoms with E-state index in [0.717, 1.165) is 25.7 Å². The Hall–Kier alpha value is 0.359. The van der Waals surface area contributed by atoms with Crippen LogP contribution in [0.15, 0.2) is 0 Å².